The predicted molar refractivity (Wildman–Crippen MR) is 68.7 cm³/mol. The van der Waals surface area contributed by atoms with E-state index in [2.05, 4.69) is 5.32 Å². The van der Waals surface area contributed by atoms with Gasteiger partial charge in [-0.05, 0) is 19.9 Å². The van der Waals surface area contributed by atoms with E-state index in [9.17, 15) is 9.59 Å². The summed E-state index contributed by atoms with van der Waals surface area (Å²) in [7, 11) is 0. The van der Waals surface area contributed by atoms with Gasteiger partial charge in [0.25, 0.3) is 5.91 Å². The van der Waals surface area contributed by atoms with Gasteiger partial charge in [0.15, 0.2) is 0 Å². The smallest absolute Gasteiger partial charge is 0.271 e. The molecule has 0 aromatic carbocycles. The van der Waals surface area contributed by atoms with Crippen LogP contribution in [0, 0.1) is 0 Å². The van der Waals surface area contributed by atoms with Crippen molar-refractivity contribution in [1.29, 1.82) is 0 Å². The van der Waals surface area contributed by atoms with Gasteiger partial charge in [0.05, 0.1) is 11.6 Å². The van der Waals surface area contributed by atoms with Gasteiger partial charge in [-0.3, -0.25) is 9.59 Å². The number of piperazine rings is 1. The maximum absolute atomic E-state index is 12.4. The number of nitrogens with zero attached hydrogens (tertiary/aromatic N) is 2. The Balaban J connectivity index is 2.25. The first-order valence-corrected chi connectivity index (χ1v) is 6.30. The summed E-state index contributed by atoms with van der Waals surface area (Å²) in [5.41, 5.74) is 0.532. The molecule has 0 saturated carbocycles. The number of carbonyl (C=O) groups is 2. The number of aromatic nitrogens is 1. The molecule has 1 saturated heterocycles. The molecule has 1 aromatic heterocycles. The fourth-order valence-electron chi connectivity index (χ4n) is 2.02. The van der Waals surface area contributed by atoms with Crippen LogP contribution in [0.5, 0.6) is 0 Å². The molecule has 0 unspecified atom stereocenters. The highest BCUT2D eigenvalue weighted by Crippen LogP contribution is 2.20. The quantitative estimate of drug-likeness (QED) is 0.880. The maximum atomic E-state index is 12.4. The first-order chi connectivity index (χ1) is 8.49. The van der Waals surface area contributed by atoms with Crippen LogP contribution in [-0.2, 0) is 4.79 Å². The second-order valence-electron chi connectivity index (χ2n) is 4.62. The van der Waals surface area contributed by atoms with Crippen LogP contribution in [0.3, 0.4) is 0 Å². The summed E-state index contributed by atoms with van der Waals surface area (Å²) < 4.78 is 1.83. The lowest BCUT2D eigenvalue weighted by Gasteiger charge is -2.27. The Bertz CT molecular complexity index is 482. The number of rotatable bonds is 2. The van der Waals surface area contributed by atoms with E-state index in [1.54, 1.807) is 17.2 Å². The third-order valence-corrected chi connectivity index (χ3v) is 3.12. The van der Waals surface area contributed by atoms with Gasteiger partial charge in [-0.25, -0.2) is 0 Å². The Labute approximate surface area is 111 Å². The molecule has 1 aromatic rings. The molecular weight excluding hydrogens is 254 g/mol. The van der Waals surface area contributed by atoms with Crippen molar-refractivity contribution >= 4 is 23.4 Å². The summed E-state index contributed by atoms with van der Waals surface area (Å²) in [4.78, 5) is 25.2. The SMILES string of the molecule is CC(C)n1cc(Cl)cc1C(=O)N1CCNC(=O)C1. The molecule has 1 fully saturated rings. The van der Waals surface area contributed by atoms with E-state index in [0.29, 0.717) is 23.8 Å². The molecule has 1 N–H and O–H groups in total. The van der Waals surface area contributed by atoms with Crippen molar-refractivity contribution in [3.05, 3.63) is 23.0 Å². The monoisotopic (exact) mass is 269 g/mol. The molecule has 98 valence electrons. The van der Waals surface area contributed by atoms with E-state index >= 15 is 0 Å². The first kappa shape index (κ1) is 13.0. The maximum Gasteiger partial charge on any atom is 0.271 e. The van der Waals surface area contributed by atoms with Crippen molar-refractivity contribution in [2.24, 2.45) is 0 Å². The summed E-state index contributed by atoms with van der Waals surface area (Å²) in [5.74, 6) is -0.270. The fraction of sp³-hybridized carbons (Fsp3) is 0.500. The number of carbonyl (C=O) groups excluding carboxylic acids is 2. The Morgan fingerprint density at radius 1 is 1.50 bits per heavy atom. The van der Waals surface area contributed by atoms with Gasteiger partial charge in [-0.15, -0.1) is 0 Å². The van der Waals surface area contributed by atoms with Gasteiger partial charge in [0, 0.05) is 25.3 Å². The number of hydrogen-bond donors (Lipinski definition) is 1. The van der Waals surface area contributed by atoms with E-state index in [1.165, 1.54) is 0 Å². The first-order valence-electron chi connectivity index (χ1n) is 5.92. The summed E-state index contributed by atoms with van der Waals surface area (Å²) in [6.07, 6.45) is 1.74. The van der Waals surface area contributed by atoms with Gasteiger partial charge in [0.1, 0.15) is 5.69 Å². The van der Waals surface area contributed by atoms with Crippen molar-refractivity contribution < 1.29 is 9.59 Å². The minimum Gasteiger partial charge on any atom is -0.353 e. The molecule has 0 aliphatic carbocycles. The second kappa shape index (κ2) is 5.02. The van der Waals surface area contributed by atoms with Gasteiger partial charge in [-0.2, -0.15) is 0 Å². The van der Waals surface area contributed by atoms with Gasteiger partial charge in [0.2, 0.25) is 5.91 Å². The third kappa shape index (κ3) is 2.51. The lowest BCUT2D eigenvalue weighted by atomic mass is 10.3. The highest BCUT2D eigenvalue weighted by Gasteiger charge is 2.25. The number of hydrogen-bond acceptors (Lipinski definition) is 2. The minimum absolute atomic E-state index is 0.111. The van der Waals surface area contributed by atoms with E-state index in [1.807, 2.05) is 18.4 Å². The summed E-state index contributed by atoms with van der Waals surface area (Å²) in [6, 6.07) is 1.80. The van der Waals surface area contributed by atoms with Crippen molar-refractivity contribution in [2.75, 3.05) is 19.6 Å². The van der Waals surface area contributed by atoms with Crippen LogP contribution in [0.1, 0.15) is 30.4 Å². The molecule has 5 nitrogen and oxygen atoms in total. The molecule has 1 aliphatic heterocycles. The summed E-state index contributed by atoms with van der Waals surface area (Å²) in [5, 5.41) is 3.23. The zero-order valence-corrected chi connectivity index (χ0v) is 11.2. The third-order valence-electron chi connectivity index (χ3n) is 2.92. The molecule has 6 heteroatoms. The normalized spacial score (nSPS) is 16.0. The zero-order chi connectivity index (χ0) is 13.3. The number of amides is 2. The van der Waals surface area contributed by atoms with Crippen molar-refractivity contribution in [2.45, 2.75) is 19.9 Å². The van der Waals surface area contributed by atoms with Gasteiger partial charge < -0.3 is 14.8 Å². The number of nitrogens with one attached hydrogen (secondary N) is 1. The van der Waals surface area contributed by atoms with Crippen LogP contribution in [0.2, 0.25) is 5.02 Å². The highest BCUT2D eigenvalue weighted by atomic mass is 35.5. The molecule has 0 bridgehead atoms. The van der Waals surface area contributed by atoms with Crippen molar-refractivity contribution in [3.63, 3.8) is 0 Å². The standard InChI is InChI=1S/C12H16ClN3O2/c1-8(2)16-6-9(13)5-10(16)12(18)15-4-3-14-11(17)7-15/h5-6,8H,3-4,7H2,1-2H3,(H,14,17). The van der Waals surface area contributed by atoms with Crippen LogP contribution < -0.4 is 5.32 Å². The molecule has 0 atom stereocenters. The van der Waals surface area contributed by atoms with Gasteiger partial charge >= 0.3 is 0 Å². The summed E-state index contributed by atoms with van der Waals surface area (Å²) >= 11 is 5.95. The molecule has 0 radical (unpaired) electrons. The molecule has 2 rings (SSSR count). The summed E-state index contributed by atoms with van der Waals surface area (Å²) in [6.45, 7) is 5.11. The highest BCUT2D eigenvalue weighted by molar-refractivity contribution is 6.31. The zero-order valence-electron chi connectivity index (χ0n) is 10.4. The van der Waals surface area contributed by atoms with Gasteiger partial charge in [-0.1, -0.05) is 11.6 Å². The second-order valence-corrected chi connectivity index (χ2v) is 5.06. The molecule has 1 aliphatic rings. The van der Waals surface area contributed by atoms with Crippen LogP contribution in [0.15, 0.2) is 12.3 Å². The molecule has 2 heterocycles. The lowest BCUT2D eigenvalue weighted by Crippen LogP contribution is -2.50. The van der Waals surface area contributed by atoms with E-state index < -0.39 is 0 Å². The van der Waals surface area contributed by atoms with E-state index in [0.717, 1.165) is 0 Å². The average Bonchev–Trinajstić information content (AvgIpc) is 2.70. The molecular formula is C12H16ClN3O2. The van der Waals surface area contributed by atoms with Crippen LogP contribution in [0.4, 0.5) is 0 Å². The Morgan fingerprint density at radius 2 is 2.22 bits per heavy atom. The van der Waals surface area contributed by atoms with E-state index in [-0.39, 0.29) is 24.4 Å². The van der Waals surface area contributed by atoms with Crippen LogP contribution >= 0.6 is 11.6 Å². The van der Waals surface area contributed by atoms with Crippen LogP contribution in [-0.4, -0.2) is 40.9 Å². The minimum atomic E-state index is -0.148. The molecule has 18 heavy (non-hydrogen) atoms. The topological polar surface area (TPSA) is 54.3 Å². The Hall–Kier alpha value is -1.49. The Morgan fingerprint density at radius 3 is 2.83 bits per heavy atom. The lowest BCUT2D eigenvalue weighted by molar-refractivity contribution is -0.123. The fourth-order valence-corrected chi connectivity index (χ4v) is 2.23. The van der Waals surface area contributed by atoms with E-state index in [4.69, 9.17) is 11.6 Å². The predicted octanol–water partition coefficient (Wildman–Crippen LogP) is 1.29. The van der Waals surface area contributed by atoms with Crippen LogP contribution in [0.25, 0.3) is 0 Å². The average molecular weight is 270 g/mol. The van der Waals surface area contributed by atoms with Crippen molar-refractivity contribution in [3.8, 4) is 0 Å². The largest absolute Gasteiger partial charge is 0.353 e. The molecule has 0 spiro atoms. The Kier molecular flexibility index (Phi) is 3.61. The number of halogens is 1. The molecule has 2 amide bonds. The van der Waals surface area contributed by atoms with Crippen molar-refractivity contribution in [1.82, 2.24) is 14.8 Å².